The van der Waals surface area contributed by atoms with E-state index in [2.05, 4.69) is 4.72 Å². The average Bonchev–Trinajstić information content (AvgIpc) is 2.91. The molecule has 0 spiro atoms. The lowest BCUT2D eigenvalue weighted by molar-refractivity contribution is 0.169. The normalized spacial score (nSPS) is 20.1. The first-order chi connectivity index (χ1) is 9.51. The molecule has 2 heterocycles. The Bertz CT molecular complexity index is 494. The largest absolute Gasteiger partial charge is 0.396 e. The van der Waals surface area contributed by atoms with Crippen LogP contribution >= 0.6 is 11.3 Å². The highest BCUT2D eigenvalue weighted by Gasteiger charge is 2.28. The van der Waals surface area contributed by atoms with Gasteiger partial charge in [0.25, 0.3) is 10.2 Å². The van der Waals surface area contributed by atoms with Gasteiger partial charge in [0.1, 0.15) is 0 Å². The van der Waals surface area contributed by atoms with E-state index >= 15 is 0 Å². The van der Waals surface area contributed by atoms with Gasteiger partial charge in [0.2, 0.25) is 0 Å². The van der Waals surface area contributed by atoms with E-state index < -0.39 is 10.2 Å². The van der Waals surface area contributed by atoms with Crippen molar-refractivity contribution in [2.45, 2.75) is 32.2 Å². The summed E-state index contributed by atoms with van der Waals surface area (Å²) >= 11 is 1.62. The number of hydrogen-bond acceptors (Lipinski definition) is 4. The van der Waals surface area contributed by atoms with Crippen LogP contribution < -0.4 is 4.72 Å². The molecular formula is C13H22N2O3S2. The summed E-state index contributed by atoms with van der Waals surface area (Å²) in [6.07, 6.45) is 2.17. The van der Waals surface area contributed by atoms with E-state index in [1.807, 2.05) is 23.8 Å². The summed E-state index contributed by atoms with van der Waals surface area (Å²) < 4.78 is 28.8. The van der Waals surface area contributed by atoms with E-state index in [1.54, 1.807) is 11.3 Å². The molecule has 1 atom stereocenters. The van der Waals surface area contributed by atoms with Crippen LogP contribution in [-0.2, 0) is 16.6 Å². The Kier molecular flexibility index (Phi) is 5.57. The Morgan fingerprint density at radius 2 is 2.20 bits per heavy atom. The molecule has 20 heavy (non-hydrogen) atoms. The first-order valence-corrected chi connectivity index (χ1v) is 9.29. The number of aliphatic hydroxyl groups excluding tert-OH is 1. The van der Waals surface area contributed by atoms with Crippen molar-refractivity contribution in [1.82, 2.24) is 9.03 Å². The maximum atomic E-state index is 12.3. The maximum absolute atomic E-state index is 12.3. The van der Waals surface area contributed by atoms with Gasteiger partial charge in [0.05, 0.1) is 0 Å². The Morgan fingerprint density at radius 1 is 1.50 bits per heavy atom. The van der Waals surface area contributed by atoms with Crippen LogP contribution in [0.1, 0.15) is 25.3 Å². The summed E-state index contributed by atoms with van der Waals surface area (Å²) in [4.78, 5) is 0. The zero-order valence-electron chi connectivity index (χ0n) is 11.7. The summed E-state index contributed by atoms with van der Waals surface area (Å²) in [5.74, 6) is 0.240. The topological polar surface area (TPSA) is 69.6 Å². The molecule has 114 valence electrons. The number of nitrogens with one attached hydrogen (secondary N) is 1. The van der Waals surface area contributed by atoms with Crippen molar-refractivity contribution in [1.29, 1.82) is 0 Å². The maximum Gasteiger partial charge on any atom is 0.279 e. The Labute approximate surface area is 124 Å². The number of aliphatic hydroxyl groups is 1. The zero-order valence-corrected chi connectivity index (χ0v) is 13.3. The Morgan fingerprint density at radius 3 is 2.75 bits per heavy atom. The van der Waals surface area contributed by atoms with Crippen molar-refractivity contribution in [3.63, 3.8) is 0 Å². The Hall–Kier alpha value is -0.470. The number of hydrogen-bond donors (Lipinski definition) is 2. The molecule has 1 unspecified atom stereocenters. The van der Waals surface area contributed by atoms with Gasteiger partial charge < -0.3 is 5.11 Å². The summed E-state index contributed by atoms with van der Waals surface area (Å²) in [6.45, 7) is 3.02. The van der Waals surface area contributed by atoms with E-state index in [0.717, 1.165) is 18.4 Å². The van der Waals surface area contributed by atoms with Crippen molar-refractivity contribution in [2.24, 2.45) is 5.92 Å². The molecule has 1 aliphatic rings. The minimum atomic E-state index is -3.41. The van der Waals surface area contributed by atoms with Crippen LogP contribution in [0.2, 0.25) is 0 Å². The highest BCUT2D eigenvalue weighted by atomic mass is 32.2. The van der Waals surface area contributed by atoms with Crippen LogP contribution in [0.25, 0.3) is 0 Å². The minimum Gasteiger partial charge on any atom is -0.396 e. The highest BCUT2D eigenvalue weighted by molar-refractivity contribution is 7.87. The summed E-state index contributed by atoms with van der Waals surface area (Å²) in [7, 11) is -3.41. The van der Waals surface area contributed by atoms with Gasteiger partial charge in [0, 0.05) is 25.7 Å². The van der Waals surface area contributed by atoms with E-state index in [1.165, 1.54) is 4.31 Å². The second-order valence-electron chi connectivity index (χ2n) is 5.38. The fourth-order valence-corrected chi connectivity index (χ4v) is 4.58. The molecule has 0 aliphatic carbocycles. The summed E-state index contributed by atoms with van der Waals surface area (Å²) in [5.41, 5.74) is 1.16. The summed E-state index contributed by atoms with van der Waals surface area (Å²) in [6, 6.07) is 1.90. The smallest absolute Gasteiger partial charge is 0.279 e. The van der Waals surface area contributed by atoms with Gasteiger partial charge in [0.15, 0.2) is 0 Å². The van der Waals surface area contributed by atoms with Crippen LogP contribution in [0.15, 0.2) is 16.8 Å². The average molecular weight is 318 g/mol. The minimum absolute atomic E-state index is 0.120. The van der Waals surface area contributed by atoms with Gasteiger partial charge in [-0.15, -0.1) is 0 Å². The molecule has 0 saturated carbocycles. The highest BCUT2D eigenvalue weighted by Crippen LogP contribution is 2.18. The molecule has 1 aliphatic heterocycles. The van der Waals surface area contributed by atoms with Gasteiger partial charge in [-0.05, 0) is 54.5 Å². The Balaban J connectivity index is 1.87. The molecule has 1 aromatic heterocycles. The first kappa shape index (κ1) is 15.9. The van der Waals surface area contributed by atoms with Crippen molar-refractivity contribution in [3.05, 3.63) is 22.4 Å². The van der Waals surface area contributed by atoms with Gasteiger partial charge in [-0.2, -0.15) is 28.8 Å². The molecule has 0 amide bonds. The van der Waals surface area contributed by atoms with Gasteiger partial charge in [-0.3, -0.25) is 0 Å². The first-order valence-electron chi connectivity index (χ1n) is 6.90. The molecule has 0 bridgehead atoms. The predicted molar refractivity (Wildman–Crippen MR) is 80.9 cm³/mol. The van der Waals surface area contributed by atoms with E-state index in [-0.39, 0.29) is 18.6 Å². The molecule has 1 saturated heterocycles. The SMILES string of the molecule is CC(Cc1ccsc1)NS(=O)(=O)N1CCC(CO)CC1. The van der Waals surface area contributed by atoms with Crippen molar-refractivity contribution in [2.75, 3.05) is 19.7 Å². The molecule has 7 heteroatoms. The van der Waals surface area contributed by atoms with Crippen molar-refractivity contribution < 1.29 is 13.5 Å². The molecule has 1 fully saturated rings. The van der Waals surface area contributed by atoms with Gasteiger partial charge >= 0.3 is 0 Å². The number of thiophene rings is 1. The third kappa shape index (κ3) is 4.26. The molecule has 2 rings (SSSR count). The quantitative estimate of drug-likeness (QED) is 0.828. The molecule has 1 aromatic rings. The van der Waals surface area contributed by atoms with Crippen LogP contribution in [0.3, 0.4) is 0 Å². The van der Waals surface area contributed by atoms with Crippen LogP contribution in [-0.4, -0.2) is 43.6 Å². The van der Waals surface area contributed by atoms with Crippen LogP contribution in [0, 0.1) is 5.92 Å². The second kappa shape index (κ2) is 7.00. The predicted octanol–water partition coefficient (Wildman–Crippen LogP) is 1.22. The molecule has 0 radical (unpaired) electrons. The number of nitrogens with zero attached hydrogens (tertiary/aromatic N) is 1. The monoisotopic (exact) mass is 318 g/mol. The lowest BCUT2D eigenvalue weighted by Gasteiger charge is -2.31. The van der Waals surface area contributed by atoms with Gasteiger partial charge in [-0.1, -0.05) is 0 Å². The molecule has 0 aromatic carbocycles. The lowest BCUT2D eigenvalue weighted by Crippen LogP contribution is -2.48. The van der Waals surface area contributed by atoms with E-state index in [9.17, 15) is 8.42 Å². The third-order valence-corrected chi connectivity index (χ3v) is 6.12. The number of piperidine rings is 1. The third-order valence-electron chi connectivity index (χ3n) is 3.64. The van der Waals surface area contributed by atoms with E-state index in [0.29, 0.717) is 19.5 Å². The number of rotatable bonds is 6. The second-order valence-corrected chi connectivity index (χ2v) is 7.87. The van der Waals surface area contributed by atoms with Crippen molar-refractivity contribution in [3.8, 4) is 0 Å². The van der Waals surface area contributed by atoms with Crippen molar-refractivity contribution >= 4 is 21.5 Å². The fraction of sp³-hybridized carbons (Fsp3) is 0.692. The lowest BCUT2D eigenvalue weighted by atomic mass is 10.00. The molecular weight excluding hydrogens is 296 g/mol. The molecule has 5 nitrogen and oxygen atoms in total. The molecule has 2 N–H and O–H groups in total. The van der Waals surface area contributed by atoms with E-state index in [4.69, 9.17) is 5.11 Å². The zero-order chi connectivity index (χ0) is 14.6. The fourth-order valence-electron chi connectivity index (χ4n) is 2.46. The summed E-state index contributed by atoms with van der Waals surface area (Å²) in [5, 5.41) is 13.1. The van der Waals surface area contributed by atoms with Crippen LogP contribution in [0.5, 0.6) is 0 Å². The van der Waals surface area contributed by atoms with Gasteiger partial charge in [-0.25, -0.2) is 0 Å². The van der Waals surface area contributed by atoms with Crippen LogP contribution in [0.4, 0.5) is 0 Å². The standard InChI is InChI=1S/C13H22N2O3S2/c1-11(8-13-4-7-19-10-13)14-20(17,18)15-5-2-12(9-16)3-6-15/h4,7,10-12,14,16H,2-3,5-6,8-9H2,1H3.